The van der Waals surface area contributed by atoms with Crippen LogP contribution >= 0.6 is 27.5 Å². The first kappa shape index (κ1) is 20.0. The molecule has 2 aliphatic heterocycles. The number of carbonyl (C=O) groups is 1. The number of amides is 1. The lowest BCUT2D eigenvalue weighted by molar-refractivity contribution is -0.0139. The quantitative estimate of drug-likeness (QED) is 0.599. The Balaban J connectivity index is 1.29. The molecule has 5 rings (SSSR count). The van der Waals surface area contributed by atoms with Crippen LogP contribution in [0.4, 0.5) is 0 Å². The zero-order valence-electron chi connectivity index (χ0n) is 16.3. The summed E-state index contributed by atoms with van der Waals surface area (Å²) >= 11 is 9.53. The highest BCUT2D eigenvalue weighted by atomic mass is 79.9. The standard InChI is InChI=1S/C22H22BrClN4O2/c23-17-9-16(24)11-28-12-18(25-21(17)28)22(30)27-8-6-19(20(29)13-27)26-7-5-14-3-1-2-4-15(14)10-26/h1-4,9,11-12,19-20,29H,5-8,10,13H2/t19-,20-/m0/s1. The topological polar surface area (TPSA) is 61.1 Å². The normalized spacial score (nSPS) is 22.3. The number of aromatic nitrogens is 2. The van der Waals surface area contributed by atoms with E-state index < -0.39 is 6.10 Å². The first-order valence-corrected chi connectivity index (χ1v) is 11.3. The maximum absolute atomic E-state index is 13.0. The van der Waals surface area contributed by atoms with Crippen molar-refractivity contribution in [3.05, 3.63) is 69.0 Å². The van der Waals surface area contributed by atoms with E-state index in [9.17, 15) is 9.90 Å². The summed E-state index contributed by atoms with van der Waals surface area (Å²) in [4.78, 5) is 21.6. The highest BCUT2D eigenvalue weighted by Crippen LogP contribution is 2.27. The highest BCUT2D eigenvalue weighted by molar-refractivity contribution is 9.10. The molecule has 3 aromatic rings. The van der Waals surface area contributed by atoms with E-state index in [0.29, 0.717) is 29.5 Å². The van der Waals surface area contributed by atoms with Crippen molar-refractivity contribution in [2.24, 2.45) is 0 Å². The van der Waals surface area contributed by atoms with Crippen LogP contribution in [0.1, 0.15) is 28.0 Å². The van der Waals surface area contributed by atoms with Gasteiger partial charge in [0.05, 0.1) is 15.6 Å². The number of benzene rings is 1. The van der Waals surface area contributed by atoms with Gasteiger partial charge in [0.15, 0.2) is 5.65 Å². The SMILES string of the molecule is O=C(c1cn2cc(Cl)cc(Br)c2n1)N1CC[C@H](N2CCc3ccccc3C2)[C@@H](O)C1. The number of aliphatic hydroxyl groups excluding tert-OH is 1. The Labute approximate surface area is 188 Å². The van der Waals surface area contributed by atoms with Gasteiger partial charge in [-0.3, -0.25) is 9.69 Å². The van der Waals surface area contributed by atoms with Crippen molar-refractivity contribution in [2.75, 3.05) is 19.6 Å². The van der Waals surface area contributed by atoms with Gasteiger partial charge in [-0.2, -0.15) is 0 Å². The van der Waals surface area contributed by atoms with Gasteiger partial charge in [0.25, 0.3) is 5.91 Å². The van der Waals surface area contributed by atoms with Crippen molar-refractivity contribution in [1.29, 1.82) is 0 Å². The fraction of sp³-hybridized carbons (Fsp3) is 0.364. The lowest BCUT2D eigenvalue weighted by Gasteiger charge is -2.43. The Morgan fingerprint density at radius 1 is 1.20 bits per heavy atom. The molecular formula is C22H22BrClN4O2. The summed E-state index contributed by atoms with van der Waals surface area (Å²) < 4.78 is 2.48. The molecule has 1 fully saturated rings. The van der Waals surface area contributed by atoms with Crippen LogP contribution in [0.2, 0.25) is 5.02 Å². The molecule has 0 saturated carbocycles. The average Bonchev–Trinajstić information content (AvgIpc) is 3.17. The number of aliphatic hydroxyl groups is 1. The summed E-state index contributed by atoms with van der Waals surface area (Å²) in [5.41, 5.74) is 3.73. The van der Waals surface area contributed by atoms with Crippen LogP contribution in [0.15, 0.2) is 47.2 Å². The highest BCUT2D eigenvalue weighted by Gasteiger charge is 2.35. The zero-order chi connectivity index (χ0) is 20.8. The molecule has 6 nitrogen and oxygen atoms in total. The van der Waals surface area contributed by atoms with Gasteiger partial charge in [0.2, 0.25) is 0 Å². The maximum atomic E-state index is 13.0. The molecule has 0 bridgehead atoms. The minimum atomic E-state index is -0.578. The minimum Gasteiger partial charge on any atom is -0.390 e. The molecule has 1 N–H and O–H groups in total. The summed E-state index contributed by atoms with van der Waals surface area (Å²) in [5.74, 6) is -0.164. The van der Waals surface area contributed by atoms with E-state index in [0.717, 1.165) is 30.4 Å². The molecule has 4 heterocycles. The van der Waals surface area contributed by atoms with Crippen molar-refractivity contribution in [3.8, 4) is 0 Å². The predicted molar refractivity (Wildman–Crippen MR) is 119 cm³/mol. The molecule has 156 valence electrons. The second-order valence-corrected chi connectivity index (χ2v) is 9.32. The van der Waals surface area contributed by atoms with E-state index >= 15 is 0 Å². The molecule has 1 aromatic carbocycles. The van der Waals surface area contributed by atoms with E-state index in [-0.39, 0.29) is 11.9 Å². The number of fused-ring (bicyclic) bond motifs is 2. The number of likely N-dealkylation sites (tertiary alicyclic amines) is 1. The van der Waals surface area contributed by atoms with Gasteiger partial charge in [-0.25, -0.2) is 4.98 Å². The van der Waals surface area contributed by atoms with E-state index in [1.165, 1.54) is 11.1 Å². The Bertz CT molecular complexity index is 1120. The molecule has 2 aromatic heterocycles. The van der Waals surface area contributed by atoms with E-state index in [1.807, 2.05) is 0 Å². The molecular weight excluding hydrogens is 468 g/mol. The van der Waals surface area contributed by atoms with Crippen molar-refractivity contribution < 1.29 is 9.90 Å². The van der Waals surface area contributed by atoms with Crippen molar-refractivity contribution >= 4 is 39.1 Å². The first-order chi connectivity index (χ1) is 14.5. The van der Waals surface area contributed by atoms with Crippen molar-refractivity contribution in [2.45, 2.75) is 31.5 Å². The lowest BCUT2D eigenvalue weighted by atomic mass is 9.94. The molecule has 30 heavy (non-hydrogen) atoms. The molecule has 8 heteroatoms. The second kappa shape index (κ2) is 7.96. The van der Waals surface area contributed by atoms with Crippen LogP contribution in [0.25, 0.3) is 5.65 Å². The largest absolute Gasteiger partial charge is 0.390 e. The molecule has 2 atom stereocenters. The van der Waals surface area contributed by atoms with Crippen LogP contribution in [-0.4, -0.2) is 62.0 Å². The number of hydrogen-bond donors (Lipinski definition) is 1. The summed E-state index contributed by atoms with van der Waals surface area (Å²) in [6.45, 7) is 2.72. The maximum Gasteiger partial charge on any atom is 0.274 e. The number of rotatable bonds is 2. The Kier molecular flexibility index (Phi) is 5.31. The number of carbonyl (C=O) groups excluding carboxylic acids is 1. The van der Waals surface area contributed by atoms with Crippen LogP contribution < -0.4 is 0 Å². The molecule has 2 aliphatic rings. The van der Waals surface area contributed by atoms with Gasteiger partial charge in [-0.1, -0.05) is 35.9 Å². The monoisotopic (exact) mass is 488 g/mol. The fourth-order valence-electron chi connectivity index (χ4n) is 4.62. The van der Waals surface area contributed by atoms with E-state index in [4.69, 9.17) is 11.6 Å². The molecule has 1 amide bonds. The number of piperidine rings is 1. The number of hydrogen-bond acceptors (Lipinski definition) is 4. The Morgan fingerprint density at radius 2 is 2.00 bits per heavy atom. The average molecular weight is 490 g/mol. The molecule has 1 saturated heterocycles. The van der Waals surface area contributed by atoms with Gasteiger partial charge < -0.3 is 14.4 Å². The number of imidazole rings is 1. The van der Waals surface area contributed by atoms with Crippen LogP contribution in [0, 0.1) is 0 Å². The van der Waals surface area contributed by atoms with Gasteiger partial charge in [-0.15, -0.1) is 0 Å². The number of pyridine rings is 1. The first-order valence-electron chi connectivity index (χ1n) is 10.1. The third kappa shape index (κ3) is 3.64. The van der Waals surface area contributed by atoms with Gasteiger partial charge in [0.1, 0.15) is 5.69 Å². The van der Waals surface area contributed by atoms with Gasteiger partial charge in [-0.05, 0) is 46.0 Å². The summed E-state index contributed by atoms with van der Waals surface area (Å²) in [5, 5.41) is 11.4. The number of β-amino-alcohol motifs (C(OH)–C–C–N with tert-alkyl or cyclic N) is 1. The van der Waals surface area contributed by atoms with Gasteiger partial charge in [0, 0.05) is 44.6 Å². The van der Waals surface area contributed by atoms with Crippen LogP contribution in [0.3, 0.4) is 0 Å². The predicted octanol–water partition coefficient (Wildman–Crippen LogP) is 3.38. The van der Waals surface area contributed by atoms with Crippen LogP contribution in [0.5, 0.6) is 0 Å². The smallest absolute Gasteiger partial charge is 0.274 e. The molecule has 0 radical (unpaired) electrons. The molecule has 0 unspecified atom stereocenters. The molecule has 0 aliphatic carbocycles. The minimum absolute atomic E-state index is 0.0661. The summed E-state index contributed by atoms with van der Waals surface area (Å²) in [6.07, 6.45) is 4.58. The Hall–Kier alpha value is -1.93. The Morgan fingerprint density at radius 3 is 2.80 bits per heavy atom. The third-order valence-electron chi connectivity index (χ3n) is 6.15. The number of halogens is 2. The summed E-state index contributed by atoms with van der Waals surface area (Å²) in [6, 6.07) is 10.3. The van der Waals surface area contributed by atoms with Crippen molar-refractivity contribution in [1.82, 2.24) is 19.2 Å². The van der Waals surface area contributed by atoms with E-state index in [1.54, 1.807) is 27.8 Å². The third-order valence-corrected chi connectivity index (χ3v) is 6.95. The van der Waals surface area contributed by atoms with Gasteiger partial charge >= 0.3 is 0 Å². The fourth-order valence-corrected chi connectivity index (χ4v) is 5.51. The zero-order valence-corrected chi connectivity index (χ0v) is 18.7. The van der Waals surface area contributed by atoms with Crippen LogP contribution in [-0.2, 0) is 13.0 Å². The summed E-state index contributed by atoms with van der Waals surface area (Å²) in [7, 11) is 0. The number of nitrogens with zero attached hydrogens (tertiary/aromatic N) is 4. The lowest BCUT2D eigenvalue weighted by Crippen LogP contribution is -2.56. The van der Waals surface area contributed by atoms with Crippen molar-refractivity contribution in [3.63, 3.8) is 0 Å². The van der Waals surface area contributed by atoms with E-state index in [2.05, 4.69) is 50.1 Å². The molecule has 0 spiro atoms. The second-order valence-electron chi connectivity index (χ2n) is 8.03.